The highest BCUT2D eigenvalue weighted by Crippen LogP contribution is 2.33. The van der Waals surface area contributed by atoms with E-state index in [0.29, 0.717) is 5.56 Å². The van der Waals surface area contributed by atoms with Gasteiger partial charge < -0.3 is 9.67 Å². The van der Waals surface area contributed by atoms with Crippen LogP contribution in [0.2, 0.25) is 0 Å². The van der Waals surface area contributed by atoms with E-state index in [1.165, 1.54) is 0 Å². The van der Waals surface area contributed by atoms with Gasteiger partial charge in [0.15, 0.2) is 0 Å². The monoisotopic (exact) mass is 314 g/mol. The molecule has 0 saturated carbocycles. The molecule has 2 heterocycles. The number of pyridine rings is 1. The smallest absolute Gasteiger partial charge is 0.336 e. The van der Waals surface area contributed by atoms with Crippen molar-refractivity contribution in [3.05, 3.63) is 84.7 Å². The highest BCUT2D eigenvalue weighted by atomic mass is 16.4. The van der Waals surface area contributed by atoms with Crippen LogP contribution in [0.15, 0.2) is 79.1 Å². The fourth-order valence-corrected chi connectivity index (χ4v) is 3.01. The van der Waals surface area contributed by atoms with E-state index in [2.05, 4.69) is 4.98 Å². The second kappa shape index (κ2) is 5.66. The summed E-state index contributed by atoms with van der Waals surface area (Å²) in [6.07, 6.45) is 3.50. The lowest BCUT2D eigenvalue weighted by Crippen LogP contribution is -2.03. The number of carboxylic acids is 1. The summed E-state index contributed by atoms with van der Waals surface area (Å²) in [4.78, 5) is 15.8. The molecule has 0 radical (unpaired) electrons. The molecule has 116 valence electrons. The lowest BCUT2D eigenvalue weighted by molar-refractivity contribution is 0.0697. The summed E-state index contributed by atoms with van der Waals surface area (Å²) < 4.78 is 2.05. The number of fused-ring (bicyclic) bond motifs is 1. The van der Waals surface area contributed by atoms with Gasteiger partial charge in [-0.25, -0.2) is 4.79 Å². The fraction of sp³-hybridized carbons (Fsp3) is 0. The number of hydrogen-bond donors (Lipinski definition) is 1. The molecule has 2 aromatic carbocycles. The van der Waals surface area contributed by atoms with Crippen molar-refractivity contribution in [2.75, 3.05) is 0 Å². The van der Waals surface area contributed by atoms with Crippen LogP contribution in [0.25, 0.3) is 27.8 Å². The summed E-state index contributed by atoms with van der Waals surface area (Å²) in [5, 5.41) is 10.6. The Balaban J connectivity index is 2.09. The van der Waals surface area contributed by atoms with Crippen molar-refractivity contribution >= 4 is 16.9 Å². The number of carbonyl (C=O) groups is 1. The maximum absolute atomic E-state index is 11.6. The zero-order valence-corrected chi connectivity index (χ0v) is 12.8. The highest BCUT2D eigenvalue weighted by Gasteiger charge is 2.17. The predicted octanol–water partition coefficient (Wildman–Crippen LogP) is 4.39. The average Bonchev–Trinajstić information content (AvgIpc) is 3.01. The molecule has 0 aliphatic rings. The molecule has 0 fully saturated rings. The summed E-state index contributed by atoms with van der Waals surface area (Å²) in [6, 6.07) is 20.9. The predicted molar refractivity (Wildman–Crippen MR) is 93.5 cm³/mol. The Labute approximate surface area is 138 Å². The van der Waals surface area contributed by atoms with Crippen LogP contribution in [0.4, 0.5) is 0 Å². The van der Waals surface area contributed by atoms with Gasteiger partial charge in [0.05, 0.1) is 28.7 Å². The molecule has 0 aliphatic heterocycles. The number of hydrogen-bond acceptors (Lipinski definition) is 2. The van der Waals surface area contributed by atoms with Gasteiger partial charge in [-0.05, 0) is 30.3 Å². The number of benzene rings is 2. The molecule has 0 saturated heterocycles. The van der Waals surface area contributed by atoms with Crippen LogP contribution in [0, 0.1) is 0 Å². The van der Waals surface area contributed by atoms with E-state index in [-0.39, 0.29) is 5.56 Å². The number of carboxylic acid groups (broad SMARTS) is 1. The standard InChI is InChI=1S/C20H14N2O2/c23-20(24)17-9-3-2-8-16(17)19-12-14-6-1-4-10-18(14)22(19)15-7-5-11-21-13-15/h1-13H,(H,23,24). The first kappa shape index (κ1) is 14.2. The molecule has 0 unspecified atom stereocenters. The van der Waals surface area contributed by atoms with E-state index in [1.807, 2.05) is 59.2 Å². The van der Waals surface area contributed by atoms with Crippen molar-refractivity contribution in [1.29, 1.82) is 0 Å². The molecule has 2 aromatic heterocycles. The van der Waals surface area contributed by atoms with Crippen LogP contribution in [-0.4, -0.2) is 20.6 Å². The average molecular weight is 314 g/mol. The highest BCUT2D eigenvalue weighted by molar-refractivity contribution is 5.98. The van der Waals surface area contributed by atoms with Gasteiger partial charge in [-0.2, -0.15) is 0 Å². The third kappa shape index (κ3) is 2.25. The van der Waals surface area contributed by atoms with E-state index in [0.717, 1.165) is 22.3 Å². The maximum atomic E-state index is 11.6. The number of aromatic nitrogens is 2. The van der Waals surface area contributed by atoms with Gasteiger partial charge in [-0.1, -0.05) is 36.4 Å². The van der Waals surface area contributed by atoms with Crippen LogP contribution in [0.1, 0.15) is 10.4 Å². The van der Waals surface area contributed by atoms with Crippen molar-refractivity contribution in [2.24, 2.45) is 0 Å². The van der Waals surface area contributed by atoms with Crippen LogP contribution in [0.5, 0.6) is 0 Å². The van der Waals surface area contributed by atoms with Crippen LogP contribution in [0.3, 0.4) is 0 Å². The summed E-state index contributed by atoms with van der Waals surface area (Å²) in [6.45, 7) is 0. The van der Waals surface area contributed by atoms with Gasteiger partial charge in [0, 0.05) is 17.1 Å². The Morgan fingerprint density at radius 1 is 0.958 bits per heavy atom. The van der Waals surface area contributed by atoms with Crippen LogP contribution in [-0.2, 0) is 0 Å². The molecule has 4 heteroatoms. The fourth-order valence-electron chi connectivity index (χ4n) is 3.01. The van der Waals surface area contributed by atoms with Crippen LogP contribution >= 0.6 is 0 Å². The SMILES string of the molecule is O=C(O)c1ccccc1-c1cc2ccccc2n1-c1cccnc1. The van der Waals surface area contributed by atoms with Gasteiger partial charge in [-0.3, -0.25) is 4.98 Å². The van der Waals surface area contributed by atoms with E-state index in [9.17, 15) is 9.90 Å². The molecule has 0 amide bonds. The summed E-state index contributed by atoms with van der Waals surface area (Å²) in [5.74, 6) is -0.936. The Hall–Kier alpha value is -3.40. The molecule has 0 aliphatic carbocycles. The van der Waals surface area contributed by atoms with Gasteiger partial charge in [0.1, 0.15) is 0 Å². The summed E-state index contributed by atoms with van der Waals surface area (Å²) >= 11 is 0. The molecular weight excluding hydrogens is 300 g/mol. The largest absolute Gasteiger partial charge is 0.478 e. The van der Waals surface area contributed by atoms with Crippen molar-refractivity contribution in [2.45, 2.75) is 0 Å². The molecule has 1 N–H and O–H groups in total. The third-order valence-electron chi connectivity index (χ3n) is 4.05. The molecule has 4 nitrogen and oxygen atoms in total. The quantitative estimate of drug-likeness (QED) is 0.610. The number of rotatable bonds is 3. The minimum absolute atomic E-state index is 0.283. The minimum Gasteiger partial charge on any atom is -0.478 e. The van der Waals surface area contributed by atoms with Gasteiger partial charge in [-0.15, -0.1) is 0 Å². The summed E-state index contributed by atoms with van der Waals surface area (Å²) in [5.41, 5.74) is 3.72. The number of aromatic carboxylic acids is 1. The first-order chi connectivity index (χ1) is 11.8. The Morgan fingerprint density at radius 2 is 1.75 bits per heavy atom. The molecule has 24 heavy (non-hydrogen) atoms. The van der Waals surface area contributed by atoms with E-state index >= 15 is 0 Å². The topological polar surface area (TPSA) is 55.1 Å². The van der Waals surface area contributed by atoms with E-state index < -0.39 is 5.97 Å². The van der Waals surface area contributed by atoms with Crippen molar-refractivity contribution in [3.63, 3.8) is 0 Å². The molecule has 4 rings (SSSR count). The second-order valence-electron chi connectivity index (χ2n) is 5.49. The van der Waals surface area contributed by atoms with Gasteiger partial charge in [0.2, 0.25) is 0 Å². The van der Waals surface area contributed by atoms with Gasteiger partial charge >= 0.3 is 5.97 Å². The van der Waals surface area contributed by atoms with Crippen molar-refractivity contribution in [1.82, 2.24) is 9.55 Å². The first-order valence-corrected chi connectivity index (χ1v) is 7.59. The summed E-state index contributed by atoms with van der Waals surface area (Å²) in [7, 11) is 0. The Kier molecular flexibility index (Phi) is 3.35. The lowest BCUT2D eigenvalue weighted by Gasteiger charge is -2.12. The van der Waals surface area contributed by atoms with Crippen molar-refractivity contribution in [3.8, 4) is 16.9 Å². The Bertz CT molecular complexity index is 1040. The molecule has 0 atom stereocenters. The van der Waals surface area contributed by atoms with E-state index in [1.54, 1.807) is 24.5 Å². The zero-order chi connectivity index (χ0) is 16.5. The number of para-hydroxylation sites is 1. The minimum atomic E-state index is -0.936. The first-order valence-electron chi connectivity index (χ1n) is 7.59. The second-order valence-corrected chi connectivity index (χ2v) is 5.49. The van der Waals surface area contributed by atoms with E-state index in [4.69, 9.17) is 0 Å². The molecule has 4 aromatic rings. The van der Waals surface area contributed by atoms with Gasteiger partial charge in [0.25, 0.3) is 0 Å². The normalized spacial score (nSPS) is 10.8. The maximum Gasteiger partial charge on any atom is 0.336 e. The number of nitrogens with zero attached hydrogens (tertiary/aromatic N) is 2. The zero-order valence-electron chi connectivity index (χ0n) is 12.8. The van der Waals surface area contributed by atoms with Crippen molar-refractivity contribution < 1.29 is 9.90 Å². The molecule has 0 spiro atoms. The molecule has 0 bridgehead atoms. The van der Waals surface area contributed by atoms with Crippen LogP contribution < -0.4 is 0 Å². The lowest BCUT2D eigenvalue weighted by atomic mass is 10.0. The Morgan fingerprint density at radius 3 is 2.54 bits per heavy atom. The third-order valence-corrected chi connectivity index (χ3v) is 4.05. The molecular formula is C20H14N2O2.